The monoisotopic (exact) mass is 323 g/mol. The number of rotatable bonds is 3. The number of hydrogen-bond acceptors (Lipinski definition) is 5. The minimum atomic E-state index is 0.0769. The minimum Gasteiger partial charge on any atom is -0.437 e. The van der Waals surface area contributed by atoms with Gasteiger partial charge in [0, 0.05) is 6.07 Å². The lowest BCUT2D eigenvalue weighted by Crippen LogP contribution is -1.91. The molecule has 0 saturated carbocycles. The average Bonchev–Trinajstić information content (AvgIpc) is 2.85. The molecule has 4 nitrogen and oxygen atoms in total. The fourth-order valence-electron chi connectivity index (χ4n) is 1.59. The van der Waals surface area contributed by atoms with Crippen LogP contribution in [0.5, 0.6) is 11.6 Å². The molecule has 3 aromatic rings. The normalized spacial score (nSPS) is 10.7. The molecule has 0 fully saturated rings. The van der Waals surface area contributed by atoms with Gasteiger partial charge in [-0.15, -0.1) is 11.3 Å². The van der Waals surface area contributed by atoms with Crippen LogP contribution in [-0.2, 0) is 0 Å². The smallest absolute Gasteiger partial charge is 0.242 e. The molecule has 2 aromatic heterocycles. The van der Waals surface area contributed by atoms with Crippen molar-refractivity contribution in [2.24, 2.45) is 0 Å². The summed E-state index contributed by atoms with van der Waals surface area (Å²) in [6, 6.07) is 5.55. The molecule has 0 amide bonds. The van der Waals surface area contributed by atoms with Crippen molar-refractivity contribution in [1.29, 1.82) is 0 Å². The lowest BCUT2D eigenvalue weighted by Gasteiger charge is -2.05. The molecule has 0 spiro atoms. The summed E-state index contributed by atoms with van der Waals surface area (Å²) in [5.41, 5.74) is 0.832. The Bertz CT molecular complexity index is 803. The van der Waals surface area contributed by atoms with E-state index in [1.807, 2.05) is 18.2 Å². The van der Waals surface area contributed by atoms with Crippen molar-refractivity contribution < 1.29 is 4.74 Å². The van der Waals surface area contributed by atoms with Crippen molar-refractivity contribution in [3.05, 3.63) is 46.3 Å². The topological polar surface area (TPSA) is 47.9 Å². The van der Waals surface area contributed by atoms with E-state index >= 15 is 0 Å². The molecule has 20 heavy (non-hydrogen) atoms. The van der Waals surface area contributed by atoms with Crippen LogP contribution in [0.25, 0.3) is 16.3 Å². The first-order valence-electron chi connectivity index (χ1n) is 5.54. The summed E-state index contributed by atoms with van der Waals surface area (Å²) >= 11 is 13.2. The predicted octanol–water partition coefficient (Wildman–Crippen LogP) is 4.83. The van der Waals surface area contributed by atoms with Crippen molar-refractivity contribution in [3.63, 3.8) is 0 Å². The molecule has 100 valence electrons. The number of hydrogen-bond donors (Lipinski definition) is 0. The number of thiazole rings is 1. The zero-order chi connectivity index (χ0) is 14.1. The van der Waals surface area contributed by atoms with Gasteiger partial charge in [0.15, 0.2) is 0 Å². The maximum atomic E-state index is 5.96. The largest absolute Gasteiger partial charge is 0.437 e. The van der Waals surface area contributed by atoms with E-state index in [4.69, 9.17) is 27.9 Å². The van der Waals surface area contributed by atoms with Crippen LogP contribution in [0.1, 0.15) is 5.01 Å². The molecule has 0 atom stereocenters. The van der Waals surface area contributed by atoms with Crippen molar-refractivity contribution >= 4 is 50.8 Å². The van der Waals surface area contributed by atoms with Crippen LogP contribution in [0, 0.1) is 0 Å². The number of benzene rings is 1. The van der Waals surface area contributed by atoms with Gasteiger partial charge in [0.1, 0.15) is 15.8 Å². The maximum absolute atomic E-state index is 5.96. The third kappa shape index (κ3) is 2.60. The molecule has 0 aliphatic heterocycles. The van der Waals surface area contributed by atoms with Gasteiger partial charge in [-0.25, -0.2) is 9.97 Å². The summed E-state index contributed by atoms with van der Waals surface area (Å²) in [5, 5.41) is 1.23. The van der Waals surface area contributed by atoms with Gasteiger partial charge in [-0.3, -0.25) is 0 Å². The first-order valence-corrected chi connectivity index (χ1v) is 7.12. The molecule has 0 unspecified atom stereocenters. The Morgan fingerprint density at radius 1 is 1.25 bits per heavy atom. The number of fused-ring (bicyclic) bond motifs is 1. The van der Waals surface area contributed by atoms with E-state index < -0.39 is 0 Å². The van der Waals surface area contributed by atoms with Crippen LogP contribution < -0.4 is 4.74 Å². The summed E-state index contributed by atoms with van der Waals surface area (Å²) < 4.78 is 6.67. The molecule has 0 radical (unpaired) electrons. The van der Waals surface area contributed by atoms with Crippen LogP contribution in [-0.4, -0.2) is 15.0 Å². The summed E-state index contributed by atoms with van der Waals surface area (Å²) in [6.45, 7) is 3.71. The number of aromatic nitrogens is 3. The zero-order valence-corrected chi connectivity index (χ0v) is 12.3. The van der Waals surface area contributed by atoms with Crippen molar-refractivity contribution in [2.45, 2.75) is 0 Å². The second-order valence-corrected chi connectivity index (χ2v) is 5.59. The van der Waals surface area contributed by atoms with Crippen LogP contribution >= 0.6 is 34.5 Å². The van der Waals surface area contributed by atoms with E-state index in [1.54, 1.807) is 17.4 Å². The third-order valence-electron chi connectivity index (χ3n) is 2.45. The van der Waals surface area contributed by atoms with E-state index in [0.29, 0.717) is 10.8 Å². The SMILES string of the molecule is C=Cc1nc2cc(Oc3nc(Cl)ncc3Cl)ccc2s1. The Kier molecular flexibility index (Phi) is 3.56. The molecule has 3 rings (SSSR count). The minimum absolute atomic E-state index is 0.0769. The van der Waals surface area contributed by atoms with Gasteiger partial charge in [0.2, 0.25) is 11.2 Å². The number of nitrogens with zero attached hydrogens (tertiary/aromatic N) is 3. The fourth-order valence-corrected chi connectivity index (χ4v) is 2.64. The van der Waals surface area contributed by atoms with Gasteiger partial charge in [-0.2, -0.15) is 4.98 Å². The lowest BCUT2D eigenvalue weighted by atomic mass is 10.3. The average molecular weight is 324 g/mol. The van der Waals surface area contributed by atoms with E-state index in [0.717, 1.165) is 15.2 Å². The quantitative estimate of drug-likeness (QED) is 0.648. The fraction of sp³-hybridized carbons (Fsp3) is 0. The molecular formula is C13H7Cl2N3OS. The van der Waals surface area contributed by atoms with Crippen LogP contribution in [0.4, 0.5) is 0 Å². The van der Waals surface area contributed by atoms with Gasteiger partial charge in [0.25, 0.3) is 0 Å². The highest BCUT2D eigenvalue weighted by atomic mass is 35.5. The Hall–Kier alpha value is -1.69. The third-order valence-corrected chi connectivity index (χ3v) is 3.92. The van der Waals surface area contributed by atoms with Crippen LogP contribution in [0.2, 0.25) is 10.3 Å². The Morgan fingerprint density at radius 2 is 2.10 bits per heavy atom. The molecular weight excluding hydrogens is 317 g/mol. The predicted molar refractivity (Wildman–Crippen MR) is 81.8 cm³/mol. The highest BCUT2D eigenvalue weighted by molar-refractivity contribution is 7.19. The number of halogens is 2. The van der Waals surface area contributed by atoms with Crippen molar-refractivity contribution in [2.75, 3.05) is 0 Å². The van der Waals surface area contributed by atoms with Crippen molar-refractivity contribution in [1.82, 2.24) is 15.0 Å². The summed E-state index contributed by atoms with van der Waals surface area (Å²) in [7, 11) is 0. The van der Waals surface area contributed by atoms with Gasteiger partial charge < -0.3 is 4.74 Å². The van der Waals surface area contributed by atoms with Gasteiger partial charge in [-0.1, -0.05) is 18.2 Å². The highest BCUT2D eigenvalue weighted by Crippen LogP contribution is 2.31. The van der Waals surface area contributed by atoms with E-state index in [-0.39, 0.29) is 11.2 Å². The first kappa shape index (κ1) is 13.3. The van der Waals surface area contributed by atoms with E-state index in [1.165, 1.54) is 6.20 Å². The van der Waals surface area contributed by atoms with Crippen molar-refractivity contribution in [3.8, 4) is 11.6 Å². The Labute approximate surface area is 128 Å². The second-order valence-electron chi connectivity index (χ2n) is 3.78. The first-order chi connectivity index (χ1) is 9.65. The molecule has 2 heterocycles. The lowest BCUT2D eigenvalue weighted by molar-refractivity contribution is 0.462. The molecule has 7 heteroatoms. The maximum Gasteiger partial charge on any atom is 0.242 e. The summed E-state index contributed by atoms with van der Waals surface area (Å²) in [6.07, 6.45) is 3.11. The number of ether oxygens (including phenoxy) is 1. The van der Waals surface area contributed by atoms with Crippen LogP contribution in [0.3, 0.4) is 0 Å². The molecule has 0 aliphatic rings. The summed E-state index contributed by atoms with van der Waals surface area (Å²) in [5.74, 6) is 0.792. The van der Waals surface area contributed by atoms with Gasteiger partial charge in [-0.05, 0) is 29.8 Å². The molecule has 0 bridgehead atoms. The molecule has 1 aromatic carbocycles. The van der Waals surface area contributed by atoms with E-state index in [2.05, 4.69) is 21.5 Å². The molecule has 0 N–H and O–H groups in total. The van der Waals surface area contributed by atoms with Crippen LogP contribution in [0.15, 0.2) is 31.0 Å². The Balaban J connectivity index is 1.97. The second kappa shape index (κ2) is 5.36. The highest BCUT2D eigenvalue weighted by Gasteiger charge is 2.09. The standard InChI is InChI=1S/C13H7Cl2N3OS/c1-2-11-17-9-5-7(3-4-10(9)20-11)19-12-8(14)6-16-13(15)18-12/h2-6H,1H2. The Morgan fingerprint density at radius 3 is 2.90 bits per heavy atom. The van der Waals surface area contributed by atoms with Gasteiger partial charge in [0.05, 0.1) is 16.4 Å². The molecule has 0 aliphatic carbocycles. The van der Waals surface area contributed by atoms with Gasteiger partial charge >= 0.3 is 0 Å². The zero-order valence-electron chi connectivity index (χ0n) is 10.0. The summed E-state index contributed by atoms with van der Waals surface area (Å²) in [4.78, 5) is 12.1. The molecule has 0 saturated heterocycles. The van der Waals surface area contributed by atoms with E-state index in [9.17, 15) is 0 Å².